The average molecular weight is 335 g/mol. The van der Waals surface area contributed by atoms with Crippen LogP contribution in [0.4, 0.5) is 5.69 Å². The zero-order valence-corrected chi connectivity index (χ0v) is 14.0. The zero-order valence-electron chi connectivity index (χ0n) is 14.0. The summed E-state index contributed by atoms with van der Waals surface area (Å²) in [7, 11) is 0. The number of piperidine rings is 1. The lowest BCUT2D eigenvalue weighted by molar-refractivity contribution is -0.111. The van der Waals surface area contributed by atoms with Crippen LogP contribution >= 0.6 is 0 Å². The first-order valence-corrected chi connectivity index (χ1v) is 8.51. The van der Waals surface area contributed by atoms with Crippen molar-refractivity contribution in [1.82, 2.24) is 9.88 Å². The molecule has 0 saturated carbocycles. The van der Waals surface area contributed by atoms with Gasteiger partial charge in [-0.15, -0.1) is 0 Å². The molecule has 1 aliphatic rings. The monoisotopic (exact) mass is 335 g/mol. The molecule has 1 fully saturated rings. The van der Waals surface area contributed by atoms with Crippen LogP contribution in [0.1, 0.15) is 35.2 Å². The molecule has 25 heavy (non-hydrogen) atoms. The van der Waals surface area contributed by atoms with Crippen molar-refractivity contribution in [3.05, 3.63) is 66.0 Å². The molecule has 1 aromatic carbocycles. The van der Waals surface area contributed by atoms with Crippen molar-refractivity contribution >= 4 is 23.6 Å². The minimum Gasteiger partial charge on any atom is -0.339 e. The lowest BCUT2D eigenvalue weighted by Crippen LogP contribution is -2.35. The second kappa shape index (κ2) is 8.24. The van der Waals surface area contributed by atoms with Gasteiger partial charge in [-0.05, 0) is 61.2 Å². The van der Waals surface area contributed by atoms with Gasteiger partial charge in [0.05, 0.1) is 0 Å². The van der Waals surface area contributed by atoms with E-state index < -0.39 is 0 Å². The van der Waals surface area contributed by atoms with Gasteiger partial charge in [-0.25, -0.2) is 0 Å². The number of carbonyl (C=O) groups is 2. The van der Waals surface area contributed by atoms with Crippen molar-refractivity contribution in [2.45, 2.75) is 19.3 Å². The Morgan fingerprint density at radius 2 is 1.80 bits per heavy atom. The van der Waals surface area contributed by atoms with Gasteiger partial charge in [-0.2, -0.15) is 0 Å². The van der Waals surface area contributed by atoms with E-state index in [4.69, 9.17) is 0 Å². The highest BCUT2D eigenvalue weighted by atomic mass is 16.2. The molecule has 2 amide bonds. The first-order chi connectivity index (χ1) is 12.2. The van der Waals surface area contributed by atoms with Crippen molar-refractivity contribution in [3.8, 4) is 0 Å². The fraction of sp³-hybridized carbons (Fsp3) is 0.250. The molecule has 1 saturated heterocycles. The number of benzene rings is 1. The highest BCUT2D eigenvalue weighted by Crippen LogP contribution is 2.16. The normalized spacial score (nSPS) is 14.5. The number of likely N-dealkylation sites (tertiary alicyclic amines) is 1. The van der Waals surface area contributed by atoms with Gasteiger partial charge in [-0.3, -0.25) is 14.6 Å². The zero-order chi connectivity index (χ0) is 17.5. The van der Waals surface area contributed by atoms with E-state index in [1.54, 1.807) is 42.7 Å². The third kappa shape index (κ3) is 4.76. The summed E-state index contributed by atoms with van der Waals surface area (Å²) in [5, 5.41) is 2.80. The summed E-state index contributed by atoms with van der Waals surface area (Å²) in [6.45, 7) is 1.62. The summed E-state index contributed by atoms with van der Waals surface area (Å²) < 4.78 is 0. The number of aromatic nitrogens is 1. The summed E-state index contributed by atoms with van der Waals surface area (Å²) in [5.41, 5.74) is 2.13. The van der Waals surface area contributed by atoms with Crippen LogP contribution in [0, 0.1) is 0 Å². The topological polar surface area (TPSA) is 62.3 Å². The molecule has 1 aliphatic heterocycles. The van der Waals surface area contributed by atoms with Crippen molar-refractivity contribution in [3.63, 3.8) is 0 Å². The first kappa shape index (κ1) is 16.9. The van der Waals surface area contributed by atoms with Crippen LogP contribution in [0.2, 0.25) is 0 Å². The number of hydrogen-bond donors (Lipinski definition) is 1. The Labute approximate surface area is 147 Å². The van der Waals surface area contributed by atoms with Crippen LogP contribution < -0.4 is 5.32 Å². The highest BCUT2D eigenvalue weighted by molar-refractivity contribution is 6.03. The molecule has 5 heteroatoms. The van der Waals surface area contributed by atoms with Gasteiger partial charge in [-0.1, -0.05) is 6.07 Å². The van der Waals surface area contributed by atoms with Crippen LogP contribution in [0.15, 0.2) is 54.9 Å². The summed E-state index contributed by atoms with van der Waals surface area (Å²) in [6, 6.07) is 10.7. The Kier molecular flexibility index (Phi) is 5.57. The molecular formula is C20H21N3O2. The molecule has 0 unspecified atom stereocenters. The van der Waals surface area contributed by atoms with E-state index in [9.17, 15) is 9.59 Å². The van der Waals surface area contributed by atoms with Crippen LogP contribution in [0.25, 0.3) is 6.08 Å². The number of pyridine rings is 1. The molecule has 1 N–H and O–H groups in total. The molecule has 128 valence electrons. The molecule has 0 aliphatic carbocycles. The van der Waals surface area contributed by atoms with E-state index in [1.807, 2.05) is 17.0 Å². The lowest BCUT2D eigenvalue weighted by atomic mass is 10.1. The smallest absolute Gasteiger partial charge is 0.253 e. The summed E-state index contributed by atoms with van der Waals surface area (Å²) in [6.07, 6.45) is 9.84. The largest absolute Gasteiger partial charge is 0.339 e. The Balaban J connectivity index is 1.64. The second-order valence-corrected chi connectivity index (χ2v) is 6.04. The maximum absolute atomic E-state index is 12.5. The summed E-state index contributed by atoms with van der Waals surface area (Å²) in [4.78, 5) is 30.4. The Morgan fingerprint density at radius 1 is 1.04 bits per heavy atom. The molecule has 5 nitrogen and oxygen atoms in total. The molecule has 1 aromatic heterocycles. The number of carbonyl (C=O) groups excluding carboxylic acids is 2. The van der Waals surface area contributed by atoms with E-state index in [2.05, 4.69) is 10.3 Å². The molecule has 0 spiro atoms. The number of amides is 2. The lowest BCUT2D eigenvalue weighted by Gasteiger charge is -2.26. The Bertz CT molecular complexity index is 766. The Morgan fingerprint density at radius 3 is 2.56 bits per heavy atom. The third-order valence-electron chi connectivity index (χ3n) is 4.15. The number of anilines is 1. The third-order valence-corrected chi connectivity index (χ3v) is 4.15. The van der Waals surface area contributed by atoms with Crippen molar-refractivity contribution in [1.29, 1.82) is 0 Å². The Hall–Kier alpha value is -2.95. The van der Waals surface area contributed by atoms with Crippen LogP contribution in [-0.4, -0.2) is 34.8 Å². The summed E-state index contributed by atoms with van der Waals surface area (Å²) >= 11 is 0. The van der Waals surface area contributed by atoms with Gasteiger partial charge in [0.15, 0.2) is 0 Å². The fourth-order valence-corrected chi connectivity index (χ4v) is 2.84. The molecule has 0 bridgehead atoms. The van der Waals surface area contributed by atoms with Crippen molar-refractivity contribution < 1.29 is 9.59 Å². The van der Waals surface area contributed by atoms with E-state index in [1.165, 1.54) is 12.5 Å². The highest BCUT2D eigenvalue weighted by Gasteiger charge is 2.18. The van der Waals surface area contributed by atoms with Crippen LogP contribution in [0.3, 0.4) is 0 Å². The number of nitrogens with zero attached hydrogens (tertiary/aromatic N) is 2. The average Bonchev–Trinajstić information content (AvgIpc) is 2.67. The molecule has 2 aromatic rings. The van der Waals surface area contributed by atoms with Gasteiger partial charge in [0.25, 0.3) is 5.91 Å². The number of rotatable bonds is 4. The van der Waals surface area contributed by atoms with E-state index in [-0.39, 0.29) is 11.8 Å². The number of nitrogens with one attached hydrogen (secondary N) is 1. The predicted octanol–water partition coefficient (Wildman–Crippen LogP) is 3.36. The molecule has 0 atom stereocenters. The molecule has 2 heterocycles. The van der Waals surface area contributed by atoms with Gasteiger partial charge in [0.1, 0.15) is 0 Å². The van der Waals surface area contributed by atoms with Crippen molar-refractivity contribution in [2.75, 3.05) is 18.4 Å². The first-order valence-electron chi connectivity index (χ1n) is 8.51. The number of hydrogen-bond acceptors (Lipinski definition) is 3. The standard InChI is InChI=1S/C20H21N3O2/c24-19(8-7-16-9-11-21-12-10-16)22-18-6-4-5-17(15-18)20(25)23-13-2-1-3-14-23/h4-12,15H,1-3,13-14H2,(H,22,24)/b8-7+. The van der Waals surface area contributed by atoms with Gasteiger partial charge in [0, 0.05) is 42.8 Å². The second-order valence-electron chi connectivity index (χ2n) is 6.04. The predicted molar refractivity (Wildman–Crippen MR) is 98.1 cm³/mol. The fourth-order valence-electron chi connectivity index (χ4n) is 2.84. The van der Waals surface area contributed by atoms with E-state index in [0.29, 0.717) is 11.3 Å². The van der Waals surface area contributed by atoms with Crippen LogP contribution in [-0.2, 0) is 4.79 Å². The maximum Gasteiger partial charge on any atom is 0.253 e. The molecule has 3 rings (SSSR count). The van der Waals surface area contributed by atoms with Crippen molar-refractivity contribution in [2.24, 2.45) is 0 Å². The maximum atomic E-state index is 12.5. The van der Waals surface area contributed by atoms with Gasteiger partial charge in [0.2, 0.25) is 5.91 Å². The quantitative estimate of drug-likeness (QED) is 0.872. The minimum atomic E-state index is -0.237. The van der Waals surface area contributed by atoms with E-state index >= 15 is 0 Å². The van der Waals surface area contributed by atoms with Crippen LogP contribution in [0.5, 0.6) is 0 Å². The molecule has 0 radical (unpaired) electrons. The SMILES string of the molecule is O=C(/C=C/c1ccncc1)Nc1cccc(C(=O)N2CCCCC2)c1. The minimum absolute atomic E-state index is 0.0307. The molecular weight excluding hydrogens is 314 g/mol. The van der Waals surface area contributed by atoms with Gasteiger partial charge >= 0.3 is 0 Å². The van der Waals surface area contributed by atoms with Gasteiger partial charge < -0.3 is 10.2 Å². The summed E-state index contributed by atoms with van der Waals surface area (Å²) in [5.74, 6) is -0.206. The van der Waals surface area contributed by atoms with E-state index in [0.717, 1.165) is 31.5 Å².